The second-order valence-electron chi connectivity index (χ2n) is 4.91. The highest BCUT2D eigenvalue weighted by Gasteiger charge is 2.39. The number of ether oxygens (including phenoxy) is 1. The van der Waals surface area contributed by atoms with Gasteiger partial charge in [-0.2, -0.15) is 28.6 Å². The summed E-state index contributed by atoms with van der Waals surface area (Å²) in [4.78, 5) is 13.1. The Labute approximate surface area is 118 Å². The second kappa shape index (κ2) is 5.98. The zero-order valence-corrected chi connectivity index (χ0v) is 11.1. The van der Waals surface area contributed by atoms with Crippen LogP contribution in [0.4, 0.5) is 13.2 Å². The number of aliphatic hydroxyl groups is 1. The Kier molecular flexibility index (Phi) is 4.47. The van der Waals surface area contributed by atoms with Gasteiger partial charge in [-0.3, -0.25) is 4.79 Å². The van der Waals surface area contributed by atoms with Crippen LogP contribution in [0.3, 0.4) is 0 Å². The number of halogens is 3. The first-order chi connectivity index (χ1) is 9.80. The molecule has 1 aromatic rings. The normalized spacial score (nSPS) is 23.3. The van der Waals surface area contributed by atoms with Crippen molar-refractivity contribution in [3.8, 4) is 0 Å². The number of β-amino-alcohol motifs (C(OH)–C–C–N with tert-alkyl or cyclic N) is 1. The van der Waals surface area contributed by atoms with E-state index in [1.807, 2.05) is 0 Å². The number of hydrogen-bond donors (Lipinski definition) is 2. The first-order valence-electron chi connectivity index (χ1n) is 6.31. The van der Waals surface area contributed by atoms with Gasteiger partial charge in [-0.1, -0.05) is 0 Å². The van der Waals surface area contributed by atoms with E-state index in [-0.39, 0.29) is 6.54 Å². The summed E-state index contributed by atoms with van der Waals surface area (Å²) in [6.07, 6.45) is -2.21. The van der Waals surface area contributed by atoms with Gasteiger partial charge in [0.15, 0.2) is 0 Å². The van der Waals surface area contributed by atoms with Gasteiger partial charge in [0, 0.05) is 6.54 Å². The molecule has 1 amide bonds. The van der Waals surface area contributed by atoms with Crippen LogP contribution in [0.15, 0.2) is 6.20 Å². The van der Waals surface area contributed by atoms with Crippen LogP contribution in [0.25, 0.3) is 0 Å². The minimum Gasteiger partial charge on any atom is -0.382 e. The molecular formula is C11H15F3N4O3. The lowest BCUT2D eigenvalue weighted by Gasteiger charge is -2.37. The number of rotatable bonds is 4. The van der Waals surface area contributed by atoms with Gasteiger partial charge in [-0.15, -0.1) is 0 Å². The Hall–Kier alpha value is -1.68. The number of aromatic nitrogens is 3. The summed E-state index contributed by atoms with van der Waals surface area (Å²) in [6.45, 7) is -1.84. The number of likely N-dealkylation sites (tertiary alicyclic amines) is 1. The van der Waals surface area contributed by atoms with E-state index in [1.54, 1.807) is 0 Å². The molecule has 118 valence electrons. The summed E-state index contributed by atoms with van der Waals surface area (Å²) in [6, 6.07) is 0. The van der Waals surface area contributed by atoms with E-state index in [1.165, 1.54) is 11.1 Å². The molecule has 1 fully saturated rings. The summed E-state index contributed by atoms with van der Waals surface area (Å²) < 4.78 is 40.2. The van der Waals surface area contributed by atoms with Crippen molar-refractivity contribution in [1.82, 2.24) is 20.3 Å². The van der Waals surface area contributed by atoms with Crippen molar-refractivity contribution < 1.29 is 27.8 Å². The van der Waals surface area contributed by atoms with Crippen LogP contribution >= 0.6 is 0 Å². The van der Waals surface area contributed by atoms with Crippen LogP contribution in [-0.2, 0) is 15.1 Å². The summed E-state index contributed by atoms with van der Waals surface area (Å²) in [5, 5.41) is 20.2. The van der Waals surface area contributed by atoms with E-state index in [0.29, 0.717) is 25.1 Å². The summed E-state index contributed by atoms with van der Waals surface area (Å²) in [5.74, 6) is -0.596. The van der Waals surface area contributed by atoms with Crippen molar-refractivity contribution in [2.45, 2.75) is 24.6 Å². The van der Waals surface area contributed by atoms with Crippen molar-refractivity contribution in [1.29, 1.82) is 0 Å². The minimum absolute atomic E-state index is 0.0479. The quantitative estimate of drug-likeness (QED) is 0.829. The van der Waals surface area contributed by atoms with E-state index >= 15 is 0 Å². The van der Waals surface area contributed by atoms with Crippen LogP contribution in [0.1, 0.15) is 18.5 Å². The minimum atomic E-state index is -4.47. The Morgan fingerprint density at radius 3 is 2.95 bits per heavy atom. The fourth-order valence-electron chi connectivity index (χ4n) is 2.23. The van der Waals surface area contributed by atoms with Gasteiger partial charge in [0.05, 0.1) is 12.7 Å². The SMILES string of the molecule is O=C(COCC(F)(F)F)N1CCCC(O)(c2cn[nH]n2)C1. The number of hydrogen-bond acceptors (Lipinski definition) is 5. The van der Waals surface area contributed by atoms with Crippen LogP contribution < -0.4 is 0 Å². The molecule has 2 N–H and O–H groups in total. The maximum absolute atomic E-state index is 11.9. The smallest absolute Gasteiger partial charge is 0.382 e. The molecule has 1 aromatic heterocycles. The number of nitrogens with one attached hydrogen (secondary N) is 1. The van der Waals surface area contributed by atoms with Crippen molar-refractivity contribution >= 4 is 5.91 Å². The first kappa shape index (κ1) is 15.7. The Bertz CT molecular complexity index is 480. The first-order valence-corrected chi connectivity index (χ1v) is 6.31. The zero-order valence-electron chi connectivity index (χ0n) is 11.1. The number of aromatic amines is 1. The third kappa shape index (κ3) is 4.14. The van der Waals surface area contributed by atoms with E-state index in [0.717, 1.165) is 0 Å². The number of carbonyl (C=O) groups excluding carboxylic acids is 1. The number of amides is 1. The molecule has 1 saturated heterocycles. The molecule has 2 heterocycles. The molecule has 1 atom stereocenters. The molecule has 7 nitrogen and oxygen atoms in total. The number of carbonyl (C=O) groups is 1. The fraction of sp³-hybridized carbons (Fsp3) is 0.727. The van der Waals surface area contributed by atoms with Gasteiger partial charge in [-0.05, 0) is 12.8 Å². The summed E-state index contributed by atoms with van der Waals surface area (Å²) >= 11 is 0. The lowest BCUT2D eigenvalue weighted by molar-refractivity contribution is -0.179. The van der Waals surface area contributed by atoms with E-state index < -0.39 is 30.9 Å². The molecule has 0 aromatic carbocycles. The molecule has 0 radical (unpaired) electrons. The van der Waals surface area contributed by atoms with Gasteiger partial charge in [0.25, 0.3) is 0 Å². The lowest BCUT2D eigenvalue weighted by atomic mass is 9.90. The molecule has 0 bridgehead atoms. The Morgan fingerprint density at radius 1 is 1.57 bits per heavy atom. The molecule has 1 aliphatic heterocycles. The van der Waals surface area contributed by atoms with Gasteiger partial charge in [-0.25, -0.2) is 0 Å². The van der Waals surface area contributed by atoms with Crippen LogP contribution in [0.2, 0.25) is 0 Å². The number of piperidine rings is 1. The third-order valence-corrected chi connectivity index (χ3v) is 3.21. The standard InChI is InChI=1S/C11H15F3N4O3/c12-11(13,14)7-21-5-9(19)18-3-1-2-10(20,6-18)8-4-15-17-16-8/h4,20H,1-3,5-7H2,(H,15,16,17). The van der Waals surface area contributed by atoms with Crippen molar-refractivity contribution in [3.63, 3.8) is 0 Å². The van der Waals surface area contributed by atoms with Crippen molar-refractivity contribution in [2.75, 3.05) is 26.3 Å². The van der Waals surface area contributed by atoms with Crippen molar-refractivity contribution in [2.24, 2.45) is 0 Å². The van der Waals surface area contributed by atoms with Gasteiger partial charge in [0.2, 0.25) is 5.91 Å². The van der Waals surface area contributed by atoms with Gasteiger partial charge < -0.3 is 14.7 Å². The van der Waals surface area contributed by atoms with Gasteiger partial charge >= 0.3 is 6.18 Å². The third-order valence-electron chi connectivity index (χ3n) is 3.21. The largest absolute Gasteiger partial charge is 0.411 e. The molecular weight excluding hydrogens is 293 g/mol. The number of alkyl halides is 3. The molecule has 10 heteroatoms. The number of nitrogens with zero attached hydrogens (tertiary/aromatic N) is 3. The Balaban J connectivity index is 1.90. The van der Waals surface area contributed by atoms with Crippen LogP contribution in [0, 0.1) is 0 Å². The van der Waals surface area contributed by atoms with E-state index in [9.17, 15) is 23.1 Å². The predicted octanol–water partition coefficient (Wildman–Crippen LogP) is 0.194. The van der Waals surface area contributed by atoms with E-state index in [4.69, 9.17) is 0 Å². The predicted molar refractivity (Wildman–Crippen MR) is 63.0 cm³/mol. The molecule has 0 saturated carbocycles. The monoisotopic (exact) mass is 308 g/mol. The van der Waals surface area contributed by atoms with Crippen molar-refractivity contribution in [3.05, 3.63) is 11.9 Å². The summed E-state index contributed by atoms with van der Waals surface area (Å²) in [5.41, 5.74) is -1.04. The summed E-state index contributed by atoms with van der Waals surface area (Å²) in [7, 11) is 0. The molecule has 0 spiro atoms. The maximum atomic E-state index is 11.9. The topological polar surface area (TPSA) is 91.3 Å². The van der Waals surface area contributed by atoms with Crippen LogP contribution in [0.5, 0.6) is 0 Å². The molecule has 1 unspecified atom stereocenters. The second-order valence-corrected chi connectivity index (χ2v) is 4.91. The van der Waals surface area contributed by atoms with E-state index in [2.05, 4.69) is 20.1 Å². The zero-order chi connectivity index (χ0) is 15.5. The molecule has 2 rings (SSSR count). The van der Waals surface area contributed by atoms with Crippen LogP contribution in [-0.4, -0.2) is 63.8 Å². The van der Waals surface area contributed by atoms with Gasteiger partial charge in [0.1, 0.15) is 24.5 Å². The molecule has 21 heavy (non-hydrogen) atoms. The maximum Gasteiger partial charge on any atom is 0.411 e. The highest BCUT2D eigenvalue weighted by Crippen LogP contribution is 2.29. The lowest BCUT2D eigenvalue weighted by Crippen LogP contribution is -2.49. The Morgan fingerprint density at radius 2 is 2.33 bits per heavy atom. The highest BCUT2D eigenvalue weighted by atomic mass is 19.4. The molecule has 0 aliphatic carbocycles. The average molecular weight is 308 g/mol. The fourth-order valence-corrected chi connectivity index (χ4v) is 2.23. The number of H-pyrrole nitrogens is 1. The highest BCUT2D eigenvalue weighted by molar-refractivity contribution is 5.77. The molecule has 1 aliphatic rings. The average Bonchev–Trinajstić information content (AvgIpc) is 2.91.